The van der Waals surface area contributed by atoms with Crippen LogP contribution in [0.15, 0.2) is 0 Å². The first-order chi connectivity index (χ1) is 5.70. The van der Waals surface area contributed by atoms with Crippen LogP contribution < -0.4 is 0 Å². The third-order valence-electron chi connectivity index (χ3n) is 1.48. The van der Waals surface area contributed by atoms with Gasteiger partial charge >= 0.3 is 0 Å². The van der Waals surface area contributed by atoms with E-state index in [4.69, 9.17) is 9.47 Å². The Morgan fingerprint density at radius 2 is 2.00 bits per heavy atom. The minimum atomic E-state index is -0.0796. The Morgan fingerprint density at radius 1 is 1.33 bits per heavy atom. The fourth-order valence-electron chi connectivity index (χ4n) is 0.832. The summed E-state index contributed by atoms with van der Waals surface area (Å²) in [5.41, 5.74) is -0.0448. The highest BCUT2D eigenvalue weighted by molar-refractivity contribution is 7.80. The van der Waals surface area contributed by atoms with Gasteiger partial charge in [-0.25, -0.2) is 0 Å². The van der Waals surface area contributed by atoms with Crippen LogP contribution in [0, 0.1) is 0 Å². The molecule has 0 saturated carbocycles. The molecule has 74 valence electrons. The summed E-state index contributed by atoms with van der Waals surface area (Å²) in [5.74, 6) is 0. The molecule has 2 nitrogen and oxygen atoms in total. The molecular formula is C9H20O2S. The van der Waals surface area contributed by atoms with Gasteiger partial charge in [0.15, 0.2) is 6.29 Å². The second kappa shape index (κ2) is 7.90. The Morgan fingerprint density at radius 3 is 2.42 bits per heavy atom. The highest BCUT2D eigenvalue weighted by atomic mass is 32.1. The first-order valence-corrected chi connectivity index (χ1v) is 5.17. The van der Waals surface area contributed by atoms with Gasteiger partial charge in [-0.1, -0.05) is 20.3 Å². The first kappa shape index (κ1) is 12.3. The van der Waals surface area contributed by atoms with E-state index < -0.39 is 0 Å². The molecule has 0 saturated heterocycles. The third kappa shape index (κ3) is 6.95. The van der Waals surface area contributed by atoms with Crippen molar-refractivity contribution in [3.05, 3.63) is 0 Å². The lowest BCUT2D eigenvalue weighted by molar-refractivity contribution is -0.148. The van der Waals surface area contributed by atoms with Crippen LogP contribution in [-0.2, 0) is 9.47 Å². The zero-order chi connectivity index (χ0) is 9.40. The molecule has 0 spiro atoms. The fourth-order valence-corrected chi connectivity index (χ4v) is 0.968. The Hall–Kier alpha value is 0.270. The summed E-state index contributed by atoms with van der Waals surface area (Å²) < 4.78 is 10.9. The molecule has 0 N–H and O–H groups in total. The van der Waals surface area contributed by atoms with Gasteiger partial charge in [-0.3, -0.25) is 0 Å². The molecular weight excluding hydrogens is 172 g/mol. The molecule has 0 aromatic carbocycles. The maximum atomic E-state index is 5.47. The van der Waals surface area contributed by atoms with E-state index in [9.17, 15) is 0 Å². The second-order valence-electron chi connectivity index (χ2n) is 2.80. The maximum Gasteiger partial charge on any atom is 0.158 e. The molecule has 2 atom stereocenters. The van der Waals surface area contributed by atoms with Crippen molar-refractivity contribution >= 4 is 12.6 Å². The minimum absolute atomic E-state index is 0.0448. The summed E-state index contributed by atoms with van der Waals surface area (Å²) in [6.07, 6.45) is 3.06. The van der Waals surface area contributed by atoms with Crippen LogP contribution in [0.1, 0.15) is 40.0 Å². The summed E-state index contributed by atoms with van der Waals surface area (Å²) in [6.45, 7) is 6.88. The second-order valence-corrected chi connectivity index (χ2v) is 3.52. The molecule has 0 aromatic rings. The van der Waals surface area contributed by atoms with Gasteiger partial charge in [-0.15, -0.1) is 12.6 Å². The Balaban J connectivity index is 3.39. The standard InChI is InChI=1S/C9H20O2S/c1-4-6-7-10-9(5-2)11-8(3)12/h8-9,12H,4-7H2,1-3H3. The molecule has 0 aliphatic heterocycles. The normalized spacial score (nSPS) is 16.0. The van der Waals surface area contributed by atoms with Crippen LogP contribution in [-0.4, -0.2) is 18.3 Å². The van der Waals surface area contributed by atoms with Crippen LogP contribution in [0.2, 0.25) is 0 Å². The van der Waals surface area contributed by atoms with E-state index in [1.165, 1.54) is 0 Å². The summed E-state index contributed by atoms with van der Waals surface area (Å²) in [7, 11) is 0. The van der Waals surface area contributed by atoms with Crippen LogP contribution in [0.3, 0.4) is 0 Å². The highest BCUT2D eigenvalue weighted by Crippen LogP contribution is 2.07. The van der Waals surface area contributed by atoms with Crippen LogP contribution in [0.25, 0.3) is 0 Å². The molecule has 0 radical (unpaired) electrons. The third-order valence-corrected chi connectivity index (χ3v) is 1.61. The lowest BCUT2D eigenvalue weighted by Crippen LogP contribution is -2.19. The topological polar surface area (TPSA) is 18.5 Å². The molecule has 0 fully saturated rings. The molecule has 0 amide bonds. The zero-order valence-electron chi connectivity index (χ0n) is 8.25. The number of rotatable bonds is 7. The average molecular weight is 192 g/mol. The van der Waals surface area contributed by atoms with Crippen molar-refractivity contribution in [3.63, 3.8) is 0 Å². The Bertz CT molecular complexity index is 96.5. The van der Waals surface area contributed by atoms with E-state index in [2.05, 4.69) is 19.6 Å². The van der Waals surface area contributed by atoms with Crippen molar-refractivity contribution < 1.29 is 9.47 Å². The van der Waals surface area contributed by atoms with Gasteiger partial charge in [0.1, 0.15) is 5.44 Å². The predicted octanol–water partition coefficient (Wildman–Crippen LogP) is 2.83. The molecule has 0 heterocycles. The van der Waals surface area contributed by atoms with Crippen molar-refractivity contribution in [1.82, 2.24) is 0 Å². The number of unbranched alkanes of at least 4 members (excludes halogenated alkanes) is 1. The first-order valence-electron chi connectivity index (χ1n) is 4.65. The van der Waals surface area contributed by atoms with E-state index >= 15 is 0 Å². The van der Waals surface area contributed by atoms with Gasteiger partial charge in [0.2, 0.25) is 0 Å². The molecule has 12 heavy (non-hydrogen) atoms. The van der Waals surface area contributed by atoms with Gasteiger partial charge in [-0.2, -0.15) is 0 Å². The summed E-state index contributed by atoms with van der Waals surface area (Å²) in [5, 5.41) is 0. The van der Waals surface area contributed by atoms with E-state index in [-0.39, 0.29) is 11.7 Å². The lowest BCUT2D eigenvalue weighted by atomic mass is 10.3. The Labute approximate surface area is 81.0 Å². The number of hydrogen-bond donors (Lipinski definition) is 1. The van der Waals surface area contributed by atoms with E-state index in [0.29, 0.717) is 0 Å². The fraction of sp³-hybridized carbons (Fsp3) is 1.00. The molecule has 0 aromatic heterocycles. The predicted molar refractivity (Wildman–Crippen MR) is 54.5 cm³/mol. The van der Waals surface area contributed by atoms with Crippen molar-refractivity contribution in [2.75, 3.05) is 6.61 Å². The molecule has 0 rings (SSSR count). The molecule has 3 heteroatoms. The van der Waals surface area contributed by atoms with Crippen molar-refractivity contribution in [2.45, 2.75) is 51.8 Å². The van der Waals surface area contributed by atoms with Crippen LogP contribution in [0.5, 0.6) is 0 Å². The van der Waals surface area contributed by atoms with Gasteiger partial charge in [0, 0.05) is 6.61 Å². The van der Waals surface area contributed by atoms with Crippen LogP contribution in [0.4, 0.5) is 0 Å². The van der Waals surface area contributed by atoms with E-state index in [1.807, 2.05) is 13.8 Å². The molecule has 2 unspecified atom stereocenters. The van der Waals surface area contributed by atoms with Gasteiger partial charge in [0.25, 0.3) is 0 Å². The summed E-state index contributed by atoms with van der Waals surface area (Å²) >= 11 is 4.13. The van der Waals surface area contributed by atoms with E-state index in [0.717, 1.165) is 25.9 Å². The summed E-state index contributed by atoms with van der Waals surface area (Å²) in [6, 6.07) is 0. The molecule has 0 aliphatic carbocycles. The largest absolute Gasteiger partial charge is 0.353 e. The number of hydrogen-bond acceptors (Lipinski definition) is 3. The monoisotopic (exact) mass is 192 g/mol. The van der Waals surface area contributed by atoms with Crippen molar-refractivity contribution in [2.24, 2.45) is 0 Å². The van der Waals surface area contributed by atoms with E-state index in [1.54, 1.807) is 0 Å². The average Bonchev–Trinajstić information content (AvgIpc) is 2.02. The quantitative estimate of drug-likeness (QED) is 0.380. The number of thiol groups is 1. The minimum Gasteiger partial charge on any atom is -0.353 e. The SMILES string of the molecule is CCCCOC(CC)OC(C)S. The summed E-state index contributed by atoms with van der Waals surface area (Å²) in [4.78, 5) is 0. The van der Waals surface area contributed by atoms with Gasteiger partial charge in [0.05, 0.1) is 0 Å². The van der Waals surface area contributed by atoms with Gasteiger partial charge in [-0.05, 0) is 19.8 Å². The Kier molecular flexibility index (Phi) is 8.07. The highest BCUT2D eigenvalue weighted by Gasteiger charge is 2.07. The lowest BCUT2D eigenvalue weighted by Gasteiger charge is -2.18. The van der Waals surface area contributed by atoms with Crippen LogP contribution >= 0.6 is 12.6 Å². The van der Waals surface area contributed by atoms with Crippen molar-refractivity contribution in [1.29, 1.82) is 0 Å². The molecule has 0 aliphatic rings. The number of ether oxygens (including phenoxy) is 2. The van der Waals surface area contributed by atoms with Gasteiger partial charge < -0.3 is 9.47 Å². The maximum absolute atomic E-state index is 5.47. The van der Waals surface area contributed by atoms with Crippen molar-refractivity contribution in [3.8, 4) is 0 Å². The zero-order valence-corrected chi connectivity index (χ0v) is 9.14. The smallest absolute Gasteiger partial charge is 0.158 e. The molecule has 0 bridgehead atoms.